The molecule has 0 spiro atoms. The first-order chi connectivity index (χ1) is 16.1. The second kappa shape index (κ2) is 7.89. The maximum Gasteiger partial charge on any atom is 0.253 e. The zero-order valence-electron chi connectivity index (χ0n) is 20.0. The fourth-order valence-corrected chi connectivity index (χ4v) is 6.06. The van der Waals surface area contributed by atoms with Crippen LogP contribution in [-0.4, -0.2) is 37.9 Å². The normalized spacial score (nSPS) is 26.0. The maximum atomic E-state index is 14.9. The summed E-state index contributed by atoms with van der Waals surface area (Å²) in [6.07, 6.45) is 7.47. The lowest BCUT2D eigenvalue weighted by atomic mass is 9.68. The number of aromatic hydroxyl groups is 1. The molecule has 2 aliphatic rings. The number of hydrogen-bond donors (Lipinski definition) is 1. The van der Waals surface area contributed by atoms with E-state index in [-0.39, 0.29) is 28.1 Å². The van der Waals surface area contributed by atoms with E-state index in [0.717, 1.165) is 18.7 Å². The van der Waals surface area contributed by atoms with Gasteiger partial charge in [-0.1, -0.05) is 13.8 Å². The summed E-state index contributed by atoms with van der Waals surface area (Å²) in [7, 11) is 3.63. The quantitative estimate of drug-likeness (QED) is 0.611. The summed E-state index contributed by atoms with van der Waals surface area (Å²) in [5, 5.41) is 19.3. The second-order valence-electron chi connectivity index (χ2n) is 10.8. The van der Waals surface area contributed by atoms with Gasteiger partial charge in [-0.15, -0.1) is 10.2 Å². The van der Waals surface area contributed by atoms with E-state index in [0.29, 0.717) is 22.6 Å². The number of fused-ring (bicyclic) bond motifs is 2. The number of aromatic nitrogens is 4. The Balaban J connectivity index is 1.40. The number of anilines is 1. The molecule has 3 atom stereocenters. The third-order valence-electron chi connectivity index (χ3n) is 7.82. The minimum Gasteiger partial charge on any atom is -0.507 e. The van der Waals surface area contributed by atoms with E-state index in [9.17, 15) is 14.3 Å². The van der Waals surface area contributed by atoms with Crippen molar-refractivity contribution in [2.45, 2.75) is 52.0 Å². The maximum absolute atomic E-state index is 14.9. The standard InChI is InChI=1S/C26H30FN5O2/c1-25-7-8-26(2,14-25)13-16(12-25)32(4)23-6-5-20(29-30-23)18-9-19(27)17(10-22(18)33)21-11-24(34)31(3)15-28-21/h5-6,9-11,15-16,33H,7-8,12-14H2,1-4H3/t16?,25-,26+. The van der Waals surface area contributed by atoms with Crippen LogP contribution in [0.1, 0.15) is 46.0 Å². The lowest BCUT2D eigenvalue weighted by Gasteiger charge is -2.44. The predicted octanol–water partition coefficient (Wildman–Crippen LogP) is 4.54. The highest BCUT2D eigenvalue weighted by molar-refractivity contribution is 5.73. The van der Waals surface area contributed by atoms with Crippen LogP contribution in [0.5, 0.6) is 5.75 Å². The molecule has 7 nitrogen and oxygen atoms in total. The summed E-state index contributed by atoms with van der Waals surface area (Å²) in [5.41, 5.74) is 1.30. The average Bonchev–Trinajstić information content (AvgIpc) is 3.03. The minimum atomic E-state index is -0.601. The van der Waals surface area contributed by atoms with Crippen LogP contribution in [-0.2, 0) is 7.05 Å². The summed E-state index contributed by atoms with van der Waals surface area (Å²) < 4.78 is 16.2. The monoisotopic (exact) mass is 463 g/mol. The average molecular weight is 464 g/mol. The van der Waals surface area contributed by atoms with E-state index in [1.54, 1.807) is 13.1 Å². The van der Waals surface area contributed by atoms with E-state index in [4.69, 9.17) is 0 Å². The smallest absolute Gasteiger partial charge is 0.253 e. The van der Waals surface area contributed by atoms with Crippen molar-refractivity contribution >= 4 is 5.82 Å². The third kappa shape index (κ3) is 3.95. The number of phenols is 1. The molecule has 2 heterocycles. The second-order valence-corrected chi connectivity index (χ2v) is 10.8. The van der Waals surface area contributed by atoms with Gasteiger partial charge in [0.05, 0.1) is 17.7 Å². The molecule has 0 saturated heterocycles. The molecule has 3 aromatic rings. The van der Waals surface area contributed by atoms with Crippen LogP contribution in [0.25, 0.3) is 22.5 Å². The molecule has 0 aliphatic heterocycles. The van der Waals surface area contributed by atoms with E-state index < -0.39 is 5.82 Å². The fourth-order valence-electron chi connectivity index (χ4n) is 6.06. The Hall–Kier alpha value is -3.29. The molecule has 2 fully saturated rings. The number of nitrogens with zero attached hydrogens (tertiary/aromatic N) is 5. The van der Waals surface area contributed by atoms with E-state index in [2.05, 4.69) is 41.0 Å². The molecule has 1 N–H and O–H groups in total. The zero-order valence-corrected chi connectivity index (χ0v) is 20.0. The van der Waals surface area contributed by atoms with Gasteiger partial charge in [0.1, 0.15) is 11.6 Å². The van der Waals surface area contributed by atoms with Gasteiger partial charge in [0, 0.05) is 37.3 Å². The van der Waals surface area contributed by atoms with Crippen LogP contribution in [0.15, 0.2) is 41.5 Å². The topological polar surface area (TPSA) is 84.1 Å². The molecule has 1 aromatic carbocycles. The summed E-state index contributed by atoms with van der Waals surface area (Å²) in [5.74, 6) is 0.0119. The lowest BCUT2D eigenvalue weighted by Crippen LogP contribution is -2.42. The summed E-state index contributed by atoms with van der Waals surface area (Å²) >= 11 is 0. The fraction of sp³-hybridized carbons (Fsp3) is 0.462. The van der Waals surface area contributed by atoms with Crippen molar-refractivity contribution in [1.82, 2.24) is 19.7 Å². The zero-order chi connectivity index (χ0) is 24.3. The molecule has 0 amide bonds. The number of benzene rings is 1. The van der Waals surface area contributed by atoms with Crippen molar-refractivity contribution in [3.8, 4) is 28.3 Å². The van der Waals surface area contributed by atoms with Crippen LogP contribution in [0.3, 0.4) is 0 Å². The van der Waals surface area contributed by atoms with Gasteiger partial charge in [-0.25, -0.2) is 9.37 Å². The molecule has 5 rings (SSSR count). The largest absolute Gasteiger partial charge is 0.507 e. The highest BCUT2D eigenvalue weighted by Gasteiger charge is 2.50. The van der Waals surface area contributed by atoms with Crippen LogP contribution < -0.4 is 10.5 Å². The summed E-state index contributed by atoms with van der Waals surface area (Å²) in [6.45, 7) is 4.80. The van der Waals surface area contributed by atoms with Crippen molar-refractivity contribution in [3.05, 3.63) is 52.8 Å². The third-order valence-corrected chi connectivity index (χ3v) is 7.82. The molecular weight excluding hydrogens is 433 g/mol. The Morgan fingerprint density at radius 2 is 1.76 bits per heavy atom. The van der Waals surface area contributed by atoms with Crippen molar-refractivity contribution in [2.75, 3.05) is 11.9 Å². The first kappa shape index (κ1) is 22.5. The van der Waals surface area contributed by atoms with Gasteiger partial charge in [0.15, 0.2) is 5.82 Å². The van der Waals surface area contributed by atoms with Crippen molar-refractivity contribution in [1.29, 1.82) is 0 Å². The Morgan fingerprint density at radius 3 is 2.38 bits per heavy atom. The lowest BCUT2D eigenvalue weighted by molar-refractivity contribution is 0.148. The summed E-state index contributed by atoms with van der Waals surface area (Å²) in [4.78, 5) is 18.2. The van der Waals surface area contributed by atoms with E-state index >= 15 is 0 Å². The Kier molecular flexibility index (Phi) is 5.22. The molecule has 178 valence electrons. The van der Waals surface area contributed by atoms with Crippen LogP contribution >= 0.6 is 0 Å². The van der Waals surface area contributed by atoms with Gasteiger partial charge in [-0.3, -0.25) is 4.79 Å². The van der Waals surface area contributed by atoms with Gasteiger partial charge in [-0.05, 0) is 67.2 Å². The summed E-state index contributed by atoms with van der Waals surface area (Å²) in [6, 6.07) is 7.75. The van der Waals surface area contributed by atoms with Crippen molar-refractivity contribution < 1.29 is 9.50 Å². The van der Waals surface area contributed by atoms with Crippen molar-refractivity contribution in [2.24, 2.45) is 17.9 Å². The molecule has 8 heteroatoms. The molecular formula is C26H30FN5O2. The molecule has 2 aliphatic carbocycles. The van der Waals surface area contributed by atoms with E-state index in [1.807, 2.05) is 6.07 Å². The Bertz CT molecular complexity index is 1290. The number of phenolic OH excluding ortho intramolecular Hbond substituents is 1. The van der Waals surface area contributed by atoms with Gasteiger partial charge in [-0.2, -0.15) is 0 Å². The highest BCUT2D eigenvalue weighted by atomic mass is 19.1. The number of rotatable bonds is 4. The van der Waals surface area contributed by atoms with Gasteiger partial charge in [0.2, 0.25) is 0 Å². The van der Waals surface area contributed by atoms with Gasteiger partial charge < -0.3 is 14.6 Å². The minimum absolute atomic E-state index is 0.0529. The van der Waals surface area contributed by atoms with Gasteiger partial charge in [0.25, 0.3) is 5.56 Å². The number of aryl methyl sites for hydroxylation is 1. The van der Waals surface area contributed by atoms with E-state index in [1.165, 1.54) is 48.4 Å². The highest BCUT2D eigenvalue weighted by Crippen LogP contribution is 2.58. The number of halogens is 1. The number of hydrogen-bond acceptors (Lipinski definition) is 6. The van der Waals surface area contributed by atoms with Crippen LogP contribution in [0, 0.1) is 16.6 Å². The van der Waals surface area contributed by atoms with Crippen molar-refractivity contribution in [3.63, 3.8) is 0 Å². The molecule has 2 saturated carbocycles. The molecule has 34 heavy (non-hydrogen) atoms. The van der Waals surface area contributed by atoms with Crippen LogP contribution in [0.4, 0.5) is 10.2 Å². The molecule has 2 bridgehead atoms. The first-order valence-corrected chi connectivity index (χ1v) is 11.7. The van der Waals surface area contributed by atoms with Crippen LogP contribution in [0.2, 0.25) is 0 Å². The Labute approximate surface area is 198 Å². The molecule has 0 radical (unpaired) electrons. The Morgan fingerprint density at radius 1 is 1.06 bits per heavy atom. The SMILES string of the molecule is CN(c1ccc(-c2cc(F)c(-c3cc(=O)n(C)cn3)cc2O)nn1)C1C[C@]2(C)CC[C@](C)(C1)C2. The molecule has 2 aromatic heterocycles. The predicted molar refractivity (Wildman–Crippen MR) is 129 cm³/mol. The molecule has 1 unspecified atom stereocenters. The van der Waals surface area contributed by atoms with Gasteiger partial charge >= 0.3 is 0 Å². The first-order valence-electron chi connectivity index (χ1n) is 11.7.